The smallest absolute Gasteiger partial charge is 0.246 e. The van der Waals surface area contributed by atoms with Crippen molar-refractivity contribution in [3.05, 3.63) is 41.2 Å². The summed E-state index contributed by atoms with van der Waals surface area (Å²) in [6.07, 6.45) is 0.985. The molecule has 0 bridgehead atoms. The number of carbonyl (C=O) groups excluding carboxylic acids is 1. The fraction of sp³-hybridized carbons (Fsp3) is 0.333. The summed E-state index contributed by atoms with van der Waals surface area (Å²) in [5, 5.41) is 7.11. The van der Waals surface area contributed by atoms with Gasteiger partial charge in [-0.2, -0.15) is 5.10 Å². The van der Waals surface area contributed by atoms with E-state index in [-0.39, 0.29) is 12.5 Å². The van der Waals surface area contributed by atoms with Crippen LogP contribution in [-0.4, -0.2) is 15.7 Å². The second-order valence-corrected chi connectivity index (χ2v) is 4.84. The number of aryl methyl sites for hydroxylation is 2. The summed E-state index contributed by atoms with van der Waals surface area (Å²) >= 11 is 0. The zero-order chi connectivity index (χ0) is 14.7. The molecule has 5 heteroatoms. The first-order valence-electron chi connectivity index (χ1n) is 6.69. The first-order valence-corrected chi connectivity index (χ1v) is 6.69. The largest absolute Gasteiger partial charge is 0.396 e. The van der Waals surface area contributed by atoms with E-state index in [1.54, 1.807) is 4.68 Å². The van der Waals surface area contributed by atoms with Gasteiger partial charge in [-0.3, -0.25) is 9.48 Å². The fourth-order valence-electron chi connectivity index (χ4n) is 2.03. The Labute approximate surface area is 118 Å². The van der Waals surface area contributed by atoms with Crippen LogP contribution in [-0.2, 0) is 17.8 Å². The van der Waals surface area contributed by atoms with Gasteiger partial charge in [0.05, 0.1) is 17.1 Å². The minimum atomic E-state index is -0.111. The molecule has 0 saturated carbocycles. The van der Waals surface area contributed by atoms with Crippen molar-refractivity contribution in [1.29, 1.82) is 0 Å². The van der Waals surface area contributed by atoms with Crippen molar-refractivity contribution < 1.29 is 4.79 Å². The van der Waals surface area contributed by atoms with Gasteiger partial charge in [-0.15, -0.1) is 0 Å². The summed E-state index contributed by atoms with van der Waals surface area (Å²) in [6, 6.07) is 7.84. The van der Waals surface area contributed by atoms with Crippen LogP contribution in [0.4, 0.5) is 11.4 Å². The molecule has 1 amide bonds. The Morgan fingerprint density at radius 2 is 1.95 bits per heavy atom. The second-order valence-electron chi connectivity index (χ2n) is 4.84. The predicted molar refractivity (Wildman–Crippen MR) is 80.6 cm³/mol. The second kappa shape index (κ2) is 5.77. The van der Waals surface area contributed by atoms with Crippen LogP contribution in [0, 0.1) is 13.8 Å². The Hall–Kier alpha value is -2.30. The molecule has 0 radical (unpaired) electrons. The number of hydrogen-bond acceptors (Lipinski definition) is 3. The number of benzene rings is 1. The topological polar surface area (TPSA) is 72.9 Å². The van der Waals surface area contributed by atoms with Gasteiger partial charge in [0.25, 0.3) is 0 Å². The third kappa shape index (κ3) is 2.99. The number of aromatic nitrogens is 2. The maximum atomic E-state index is 12.0. The highest BCUT2D eigenvalue weighted by Crippen LogP contribution is 2.15. The predicted octanol–water partition coefficient (Wildman–Crippen LogP) is 2.28. The van der Waals surface area contributed by atoms with Crippen LogP contribution in [0.25, 0.3) is 0 Å². The van der Waals surface area contributed by atoms with E-state index in [0.717, 1.165) is 23.5 Å². The van der Waals surface area contributed by atoms with Gasteiger partial charge in [-0.05, 0) is 38.0 Å². The number of rotatable bonds is 4. The van der Waals surface area contributed by atoms with Crippen molar-refractivity contribution in [2.45, 2.75) is 33.7 Å². The summed E-state index contributed by atoms with van der Waals surface area (Å²) in [6.45, 7) is 5.96. The van der Waals surface area contributed by atoms with Crippen LogP contribution in [0.15, 0.2) is 24.3 Å². The van der Waals surface area contributed by atoms with E-state index < -0.39 is 0 Å². The molecule has 0 atom stereocenters. The van der Waals surface area contributed by atoms with Gasteiger partial charge in [-0.25, -0.2) is 0 Å². The molecule has 1 aromatic heterocycles. The number of anilines is 2. The summed E-state index contributed by atoms with van der Waals surface area (Å²) < 4.78 is 1.63. The number of amides is 1. The van der Waals surface area contributed by atoms with Gasteiger partial charge in [0.15, 0.2) is 0 Å². The van der Waals surface area contributed by atoms with Crippen molar-refractivity contribution in [2.24, 2.45) is 0 Å². The number of nitrogen functional groups attached to an aromatic ring is 1. The van der Waals surface area contributed by atoms with Gasteiger partial charge in [-0.1, -0.05) is 19.1 Å². The van der Waals surface area contributed by atoms with Crippen molar-refractivity contribution >= 4 is 17.3 Å². The summed E-state index contributed by atoms with van der Waals surface area (Å²) in [5.41, 5.74) is 10.1. The monoisotopic (exact) mass is 272 g/mol. The van der Waals surface area contributed by atoms with E-state index in [9.17, 15) is 4.79 Å². The van der Waals surface area contributed by atoms with Crippen LogP contribution in [0.1, 0.15) is 23.9 Å². The van der Waals surface area contributed by atoms with Crippen LogP contribution in [0.5, 0.6) is 0 Å². The molecule has 0 spiro atoms. The quantitative estimate of drug-likeness (QED) is 0.896. The molecule has 0 aliphatic rings. The third-order valence-corrected chi connectivity index (χ3v) is 3.38. The molecular weight excluding hydrogens is 252 g/mol. The highest BCUT2D eigenvalue weighted by atomic mass is 16.2. The van der Waals surface area contributed by atoms with E-state index >= 15 is 0 Å². The zero-order valence-electron chi connectivity index (χ0n) is 12.1. The molecule has 0 fully saturated rings. The highest BCUT2D eigenvalue weighted by Gasteiger charge is 2.11. The third-order valence-electron chi connectivity index (χ3n) is 3.38. The molecule has 5 nitrogen and oxygen atoms in total. The van der Waals surface area contributed by atoms with Gasteiger partial charge in [0.2, 0.25) is 5.91 Å². The van der Waals surface area contributed by atoms with E-state index in [0.29, 0.717) is 5.69 Å². The lowest BCUT2D eigenvalue weighted by Crippen LogP contribution is -2.20. The molecule has 1 heterocycles. The first kappa shape index (κ1) is 14.1. The van der Waals surface area contributed by atoms with Crippen molar-refractivity contribution in [3.8, 4) is 0 Å². The van der Waals surface area contributed by atoms with E-state index in [1.165, 1.54) is 5.56 Å². The van der Waals surface area contributed by atoms with Crippen molar-refractivity contribution in [1.82, 2.24) is 9.78 Å². The van der Waals surface area contributed by atoms with Gasteiger partial charge >= 0.3 is 0 Å². The normalized spacial score (nSPS) is 10.6. The Balaban J connectivity index is 2.03. The van der Waals surface area contributed by atoms with E-state index in [1.807, 2.05) is 38.1 Å². The van der Waals surface area contributed by atoms with Gasteiger partial charge in [0, 0.05) is 5.69 Å². The number of hydrogen-bond donors (Lipinski definition) is 2. The number of nitrogens with two attached hydrogens (primary N) is 1. The van der Waals surface area contributed by atoms with Gasteiger partial charge < -0.3 is 11.1 Å². The average molecular weight is 272 g/mol. The molecule has 2 aromatic rings. The van der Waals surface area contributed by atoms with Crippen LogP contribution < -0.4 is 11.1 Å². The molecule has 3 N–H and O–H groups in total. The average Bonchev–Trinajstić information content (AvgIpc) is 2.67. The van der Waals surface area contributed by atoms with Crippen LogP contribution in [0.3, 0.4) is 0 Å². The highest BCUT2D eigenvalue weighted by molar-refractivity contribution is 5.90. The lowest BCUT2D eigenvalue weighted by Gasteiger charge is -2.07. The lowest BCUT2D eigenvalue weighted by molar-refractivity contribution is -0.116. The van der Waals surface area contributed by atoms with Crippen LogP contribution in [0.2, 0.25) is 0 Å². The van der Waals surface area contributed by atoms with Crippen molar-refractivity contribution in [2.75, 3.05) is 11.1 Å². The molecule has 106 valence electrons. The zero-order valence-corrected chi connectivity index (χ0v) is 12.1. The summed E-state index contributed by atoms with van der Waals surface area (Å²) in [7, 11) is 0. The van der Waals surface area contributed by atoms with Crippen LogP contribution >= 0.6 is 0 Å². The minimum absolute atomic E-state index is 0.111. The number of nitrogens with zero attached hydrogens (tertiary/aromatic N) is 2. The molecule has 0 aliphatic carbocycles. The Kier molecular flexibility index (Phi) is 4.08. The Bertz CT molecular complexity index is 614. The molecule has 0 saturated heterocycles. The SMILES string of the molecule is CCc1ccc(NC(=O)Cn2nc(C)c(N)c2C)cc1. The first-order chi connectivity index (χ1) is 9.51. The number of nitrogens with one attached hydrogen (secondary N) is 1. The lowest BCUT2D eigenvalue weighted by atomic mass is 10.1. The molecule has 0 aliphatic heterocycles. The van der Waals surface area contributed by atoms with Gasteiger partial charge in [0.1, 0.15) is 6.54 Å². The molecule has 1 aromatic carbocycles. The molecular formula is C15H20N4O. The Morgan fingerprint density at radius 3 is 2.45 bits per heavy atom. The molecule has 20 heavy (non-hydrogen) atoms. The minimum Gasteiger partial charge on any atom is -0.396 e. The maximum Gasteiger partial charge on any atom is 0.246 e. The van der Waals surface area contributed by atoms with E-state index in [2.05, 4.69) is 17.3 Å². The summed E-state index contributed by atoms with van der Waals surface area (Å²) in [5.74, 6) is -0.111. The summed E-state index contributed by atoms with van der Waals surface area (Å²) in [4.78, 5) is 12.0. The maximum absolute atomic E-state index is 12.0. The molecule has 2 rings (SSSR count). The fourth-order valence-corrected chi connectivity index (χ4v) is 2.03. The standard InChI is InChI=1S/C15H20N4O/c1-4-12-5-7-13(8-6-12)17-14(20)9-19-11(3)15(16)10(2)18-19/h5-8H,4,9,16H2,1-3H3,(H,17,20). The molecule has 0 unspecified atom stereocenters. The number of carbonyl (C=O) groups is 1. The van der Waals surface area contributed by atoms with Crippen molar-refractivity contribution in [3.63, 3.8) is 0 Å². The van der Waals surface area contributed by atoms with E-state index in [4.69, 9.17) is 5.73 Å². The Morgan fingerprint density at radius 1 is 1.30 bits per heavy atom.